The van der Waals surface area contributed by atoms with E-state index in [1.54, 1.807) is 49.4 Å². The molecule has 2 aromatic carbocycles. The second kappa shape index (κ2) is 11.4. The number of alkyl halides is 3. The zero-order valence-corrected chi connectivity index (χ0v) is 23.2. The molecule has 5 rings (SSSR count). The normalized spacial score (nSPS) is 11.4. The summed E-state index contributed by atoms with van der Waals surface area (Å²) in [7, 11) is 3.36. The van der Waals surface area contributed by atoms with Crippen molar-refractivity contribution in [1.29, 1.82) is 0 Å². The van der Waals surface area contributed by atoms with Crippen LogP contribution in [0, 0.1) is 13.8 Å². The van der Waals surface area contributed by atoms with Gasteiger partial charge in [-0.2, -0.15) is 13.2 Å². The maximum atomic E-state index is 12.9. The first-order valence-electron chi connectivity index (χ1n) is 12.9. The Labute approximate surface area is 239 Å². The number of ether oxygens (including phenoxy) is 2. The predicted octanol–water partition coefficient (Wildman–Crippen LogP) is 6.48. The fourth-order valence-electron chi connectivity index (χ4n) is 4.42. The standard InChI is InChI=1S/C30H27F3N6O3/c1-17-5-8-22(18(2)36-17)23-13-19(6-10-27(23)41-16-30(31,32)33)37-29-38-24-14-20(7-9-26(24)39(29)4)42-21-11-12-35-25(15-21)28(40)34-3/h5-15H,16H2,1-4H3,(H,34,40)(H,37,38). The number of benzene rings is 2. The van der Waals surface area contributed by atoms with Crippen LogP contribution in [0.3, 0.4) is 0 Å². The number of anilines is 2. The van der Waals surface area contributed by atoms with Crippen LogP contribution in [0.5, 0.6) is 17.2 Å². The first kappa shape index (κ1) is 28.4. The molecule has 12 heteroatoms. The molecular formula is C30H27F3N6O3. The number of pyridine rings is 2. The van der Waals surface area contributed by atoms with Gasteiger partial charge in [-0.3, -0.25) is 14.8 Å². The van der Waals surface area contributed by atoms with E-state index in [-0.39, 0.29) is 17.4 Å². The minimum absolute atomic E-state index is 0.0918. The number of aromatic nitrogens is 4. The molecule has 3 aromatic heterocycles. The Kier molecular flexibility index (Phi) is 7.70. The Morgan fingerprint density at radius 1 is 0.952 bits per heavy atom. The zero-order valence-electron chi connectivity index (χ0n) is 23.2. The summed E-state index contributed by atoms with van der Waals surface area (Å²) in [4.78, 5) is 25.1. The smallest absolute Gasteiger partial charge is 0.422 e. The number of rotatable bonds is 8. The number of hydrogen-bond donors (Lipinski definition) is 2. The lowest BCUT2D eigenvalue weighted by molar-refractivity contribution is -0.153. The number of carbonyl (C=O) groups is 1. The Balaban J connectivity index is 1.44. The Morgan fingerprint density at radius 2 is 1.74 bits per heavy atom. The Bertz CT molecular complexity index is 1780. The van der Waals surface area contributed by atoms with Gasteiger partial charge < -0.3 is 24.7 Å². The highest BCUT2D eigenvalue weighted by Crippen LogP contribution is 2.36. The highest BCUT2D eigenvalue weighted by atomic mass is 19.4. The number of fused-ring (bicyclic) bond motifs is 1. The van der Waals surface area contributed by atoms with E-state index < -0.39 is 12.8 Å². The van der Waals surface area contributed by atoms with E-state index in [1.165, 1.54) is 19.3 Å². The molecule has 0 atom stereocenters. The van der Waals surface area contributed by atoms with E-state index in [2.05, 4.69) is 20.6 Å². The summed E-state index contributed by atoms with van der Waals surface area (Å²) in [5.41, 5.74) is 4.86. The third kappa shape index (κ3) is 6.27. The fraction of sp³-hybridized carbons (Fsp3) is 0.200. The van der Waals surface area contributed by atoms with Crippen LogP contribution in [-0.4, -0.2) is 45.3 Å². The second-order valence-electron chi connectivity index (χ2n) is 9.53. The molecule has 1 amide bonds. The molecule has 0 radical (unpaired) electrons. The van der Waals surface area contributed by atoms with Gasteiger partial charge in [0.25, 0.3) is 5.91 Å². The SMILES string of the molecule is CNC(=O)c1cc(Oc2ccc3c(c2)nc(Nc2ccc(OCC(F)(F)F)c(-c4ccc(C)nc4C)c2)n3C)ccn1. The van der Waals surface area contributed by atoms with Crippen molar-refractivity contribution in [2.75, 3.05) is 19.0 Å². The van der Waals surface area contributed by atoms with Crippen molar-refractivity contribution in [2.45, 2.75) is 20.0 Å². The summed E-state index contributed by atoms with van der Waals surface area (Å²) in [5, 5.41) is 5.78. The van der Waals surface area contributed by atoms with Gasteiger partial charge in [0.05, 0.1) is 11.0 Å². The molecule has 0 aliphatic rings. The molecule has 42 heavy (non-hydrogen) atoms. The highest BCUT2D eigenvalue weighted by molar-refractivity contribution is 5.92. The molecule has 0 fully saturated rings. The lowest BCUT2D eigenvalue weighted by Gasteiger charge is -2.16. The molecule has 3 heterocycles. The summed E-state index contributed by atoms with van der Waals surface area (Å²) in [5.74, 6) is 1.22. The van der Waals surface area contributed by atoms with E-state index in [4.69, 9.17) is 14.5 Å². The number of amides is 1. The fourth-order valence-corrected chi connectivity index (χ4v) is 4.42. The van der Waals surface area contributed by atoms with Gasteiger partial charge in [0.15, 0.2) is 6.61 Å². The van der Waals surface area contributed by atoms with Crippen LogP contribution >= 0.6 is 0 Å². The van der Waals surface area contributed by atoms with Crippen molar-refractivity contribution < 1.29 is 27.4 Å². The molecule has 0 aliphatic carbocycles. The van der Waals surface area contributed by atoms with Crippen molar-refractivity contribution in [3.8, 4) is 28.4 Å². The number of nitrogens with zero attached hydrogens (tertiary/aromatic N) is 4. The summed E-state index contributed by atoms with van der Waals surface area (Å²) in [6.45, 7) is 2.23. The van der Waals surface area contributed by atoms with Gasteiger partial charge >= 0.3 is 6.18 Å². The van der Waals surface area contributed by atoms with Gasteiger partial charge in [-0.25, -0.2) is 4.98 Å². The number of carbonyl (C=O) groups excluding carboxylic acids is 1. The van der Waals surface area contributed by atoms with Gasteiger partial charge in [-0.15, -0.1) is 0 Å². The zero-order chi connectivity index (χ0) is 30.0. The third-order valence-electron chi connectivity index (χ3n) is 6.42. The number of aryl methyl sites for hydroxylation is 3. The predicted molar refractivity (Wildman–Crippen MR) is 152 cm³/mol. The van der Waals surface area contributed by atoms with Crippen LogP contribution in [0.15, 0.2) is 66.9 Å². The molecule has 2 N–H and O–H groups in total. The van der Waals surface area contributed by atoms with E-state index >= 15 is 0 Å². The molecule has 5 aromatic rings. The van der Waals surface area contributed by atoms with Crippen molar-refractivity contribution in [3.05, 3.63) is 83.9 Å². The lowest BCUT2D eigenvalue weighted by atomic mass is 10.0. The first-order valence-corrected chi connectivity index (χ1v) is 12.9. The van der Waals surface area contributed by atoms with Gasteiger partial charge in [0.2, 0.25) is 5.95 Å². The average Bonchev–Trinajstić information content (AvgIpc) is 3.25. The van der Waals surface area contributed by atoms with Crippen molar-refractivity contribution >= 4 is 28.6 Å². The first-order chi connectivity index (χ1) is 20.0. The highest BCUT2D eigenvalue weighted by Gasteiger charge is 2.29. The molecule has 0 spiro atoms. The summed E-state index contributed by atoms with van der Waals surface area (Å²) < 4.78 is 51.8. The molecule has 0 bridgehead atoms. The van der Waals surface area contributed by atoms with Crippen LogP contribution in [-0.2, 0) is 7.05 Å². The molecule has 0 saturated carbocycles. The van der Waals surface area contributed by atoms with Crippen LogP contribution in [0.4, 0.5) is 24.8 Å². The quantitative estimate of drug-likeness (QED) is 0.218. The average molecular weight is 577 g/mol. The molecular weight excluding hydrogens is 549 g/mol. The topological polar surface area (TPSA) is 103 Å². The van der Waals surface area contributed by atoms with E-state index in [1.807, 2.05) is 30.7 Å². The van der Waals surface area contributed by atoms with Crippen molar-refractivity contribution in [1.82, 2.24) is 24.8 Å². The number of halogens is 3. The summed E-state index contributed by atoms with van der Waals surface area (Å²) in [6, 6.07) is 17.0. The minimum atomic E-state index is -4.48. The van der Waals surface area contributed by atoms with Crippen molar-refractivity contribution in [2.24, 2.45) is 7.05 Å². The second-order valence-corrected chi connectivity index (χ2v) is 9.53. The lowest BCUT2D eigenvalue weighted by Crippen LogP contribution is -2.19. The van der Waals surface area contributed by atoms with Crippen molar-refractivity contribution in [3.63, 3.8) is 0 Å². The molecule has 0 unspecified atom stereocenters. The summed E-state index contributed by atoms with van der Waals surface area (Å²) >= 11 is 0. The van der Waals surface area contributed by atoms with Crippen LogP contribution in [0.25, 0.3) is 22.2 Å². The van der Waals surface area contributed by atoms with E-state index in [0.29, 0.717) is 45.5 Å². The molecule has 9 nitrogen and oxygen atoms in total. The molecule has 216 valence electrons. The third-order valence-corrected chi connectivity index (χ3v) is 6.42. The number of hydrogen-bond acceptors (Lipinski definition) is 7. The van der Waals surface area contributed by atoms with Crippen LogP contribution in [0.2, 0.25) is 0 Å². The number of imidazole rings is 1. The molecule has 0 saturated heterocycles. The van der Waals surface area contributed by atoms with Gasteiger partial charge in [0, 0.05) is 60.6 Å². The van der Waals surface area contributed by atoms with E-state index in [9.17, 15) is 18.0 Å². The van der Waals surface area contributed by atoms with Crippen LogP contribution < -0.4 is 20.1 Å². The molecule has 0 aliphatic heterocycles. The summed E-state index contributed by atoms with van der Waals surface area (Å²) in [6.07, 6.45) is -2.99. The van der Waals surface area contributed by atoms with Gasteiger partial charge in [-0.1, -0.05) is 6.07 Å². The minimum Gasteiger partial charge on any atom is -0.483 e. The largest absolute Gasteiger partial charge is 0.483 e. The van der Waals surface area contributed by atoms with Gasteiger partial charge in [0.1, 0.15) is 22.9 Å². The maximum absolute atomic E-state index is 12.9. The number of nitrogens with one attached hydrogen (secondary N) is 2. The Hall–Kier alpha value is -5.13. The van der Waals surface area contributed by atoms with Gasteiger partial charge in [-0.05, 0) is 56.3 Å². The van der Waals surface area contributed by atoms with Crippen LogP contribution in [0.1, 0.15) is 21.9 Å². The van der Waals surface area contributed by atoms with E-state index in [0.717, 1.165) is 11.2 Å². The Morgan fingerprint density at radius 3 is 2.48 bits per heavy atom. The maximum Gasteiger partial charge on any atom is 0.422 e. The monoisotopic (exact) mass is 576 g/mol.